The van der Waals surface area contributed by atoms with E-state index >= 15 is 0 Å². The number of benzene rings is 1. The number of nitrogens with two attached hydrogens (primary N) is 1. The molecule has 0 spiro atoms. The lowest BCUT2D eigenvalue weighted by Crippen LogP contribution is -2.43. The van der Waals surface area contributed by atoms with Crippen LogP contribution in [0.2, 0.25) is 0 Å². The Hall–Kier alpha value is -1.47. The second-order valence-electron chi connectivity index (χ2n) is 3.97. The SMILES string of the molecule is N#CC1(N)CCc2c(F)cc(F)cc2C1. The maximum atomic E-state index is 13.3. The zero-order valence-corrected chi connectivity index (χ0v) is 8.06. The van der Waals surface area contributed by atoms with Crippen LogP contribution in [0.5, 0.6) is 0 Å². The highest BCUT2D eigenvalue weighted by Gasteiger charge is 2.32. The van der Waals surface area contributed by atoms with Gasteiger partial charge in [0.25, 0.3) is 0 Å². The van der Waals surface area contributed by atoms with Gasteiger partial charge in [-0.3, -0.25) is 0 Å². The summed E-state index contributed by atoms with van der Waals surface area (Å²) in [7, 11) is 0. The van der Waals surface area contributed by atoms with Crippen molar-refractivity contribution >= 4 is 0 Å². The third-order valence-electron chi connectivity index (χ3n) is 2.80. The van der Waals surface area contributed by atoms with Gasteiger partial charge in [-0.25, -0.2) is 8.78 Å². The molecule has 2 rings (SSSR count). The van der Waals surface area contributed by atoms with Crippen LogP contribution in [-0.4, -0.2) is 5.54 Å². The molecule has 0 heterocycles. The van der Waals surface area contributed by atoms with Gasteiger partial charge in [-0.15, -0.1) is 0 Å². The van der Waals surface area contributed by atoms with Crippen molar-refractivity contribution in [3.8, 4) is 6.07 Å². The van der Waals surface area contributed by atoms with Gasteiger partial charge >= 0.3 is 0 Å². The first-order chi connectivity index (χ1) is 7.04. The number of nitriles is 1. The van der Waals surface area contributed by atoms with Gasteiger partial charge in [-0.05, 0) is 30.0 Å². The Morgan fingerprint density at radius 3 is 2.80 bits per heavy atom. The standard InChI is InChI=1S/C11H10F2N2/c12-8-3-7-5-11(15,6-14)2-1-9(7)10(13)4-8/h3-4H,1-2,5,15H2. The molecule has 78 valence electrons. The van der Waals surface area contributed by atoms with E-state index in [1.807, 2.05) is 6.07 Å². The predicted octanol–water partition coefficient (Wildman–Crippen LogP) is 1.67. The van der Waals surface area contributed by atoms with Crippen LogP contribution < -0.4 is 5.73 Å². The minimum absolute atomic E-state index is 0.216. The number of rotatable bonds is 0. The van der Waals surface area contributed by atoms with E-state index < -0.39 is 17.2 Å². The van der Waals surface area contributed by atoms with E-state index in [-0.39, 0.29) is 6.42 Å². The largest absolute Gasteiger partial charge is 0.313 e. The van der Waals surface area contributed by atoms with Crippen molar-refractivity contribution in [3.63, 3.8) is 0 Å². The molecule has 2 nitrogen and oxygen atoms in total. The van der Waals surface area contributed by atoms with Crippen molar-refractivity contribution < 1.29 is 8.78 Å². The molecule has 0 amide bonds. The fourth-order valence-corrected chi connectivity index (χ4v) is 1.97. The van der Waals surface area contributed by atoms with Crippen LogP contribution in [0.1, 0.15) is 17.5 Å². The normalized spacial score (nSPS) is 24.4. The Morgan fingerprint density at radius 2 is 2.13 bits per heavy atom. The first-order valence-corrected chi connectivity index (χ1v) is 4.71. The highest BCUT2D eigenvalue weighted by atomic mass is 19.1. The van der Waals surface area contributed by atoms with Crippen LogP contribution >= 0.6 is 0 Å². The molecule has 0 aromatic heterocycles. The van der Waals surface area contributed by atoms with E-state index in [0.717, 1.165) is 6.07 Å². The first kappa shape index (κ1) is 10.1. The van der Waals surface area contributed by atoms with Crippen LogP contribution in [0.25, 0.3) is 0 Å². The summed E-state index contributed by atoms with van der Waals surface area (Å²) in [5.41, 5.74) is 5.80. The van der Waals surface area contributed by atoms with Crippen molar-refractivity contribution in [1.82, 2.24) is 0 Å². The van der Waals surface area contributed by atoms with E-state index in [1.165, 1.54) is 6.07 Å². The van der Waals surface area contributed by atoms with E-state index in [2.05, 4.69) is 0 Å². The number of hydrogen-bond acceptors (Lipinski definition) is 2. The molecule has 0 fully saturated rings. The van der Waals surface area contributed by atoms with Crippen molar-refractivity contribution in [2.24, 2.45) is 5.73 Å². The molecule has 4 heteroatoms. The Bertz CT molecular complexity index is 451. The second kappa shape index (κ2) is 3.28. The molecule has 1 atom stereocenters. The number of hydrogen-bond donors (Lipinski definition) is 1. The summed E-state index contributed by atoms with van der Waals surface area (Å²) in [5.74, 6) is -1.15. The molecule has 0 saturated carbocycles. The van der Waals surface area contributed by atoms with Gasteiger partial charge in [-0.1, -0.05) is 0 Å². The summed E-state index contributed by atoms with van der Waals surface area (Å²) in [5, 5.41) is 8.85. The van der Waals surface area contributed by atoms with Gasteiger partial charge in [0.15, 0.2) is 0 Å². The molecule has 1 aromatic rings. The van der Waals surface area contributed by atoms with Crippen LogP contribution in [0.3, 0.4) is 0 Å². The molecule has 1 unspecified atom stereocenters. The predicted molar refractivity (Wildman–Crippen MR) is 50.9 cm³/mol. The second-order valence-corrected chi connectivity index (χ2v) is 3.97. The fraction of sp³-hybridized carbons (Fsp3) is 0.364. The molecule has 1 aromatic carbocycles. The highest BCUT2D eigenvalue weighted by molar-refractivity contribution is 5.36. The maximum absolute atomic E-state index is 13.3. The molecule has 0 saturated heterocycles. The minimum atomic E-state index is -0.979. The van der Waals surface area contributed by atoms with Gasteiger partial charge in [0.2, 0.25) is 0 Å². The topological polar surface area (TPSA) is 49.8 Å². The van der Waals surface area contributed by atoms with Crippen molar-refractivity contribution in [2.45, 2.75) is 24.8 Å². The molecule has 0 bridgehead atoms. The summed E-state index contributed by atoms with van der Waals surface area (Å²) in [6.45, 7) is 0. The van der Waals surface area contributed by atoms with E-state index in [4.69, 9.17) is 11.0 Å². The highest BCUT2D eigenvalue weighted by Crippen LogP contribution is 2.29. The first-order valence-electron chi connectivity index (χ1n) is 4.71. The summed E-state index contributed by atoms with van der Waals surface area (Å²) in [6.07, 6.45) is 1.03. The van der Waals surface area contributed by atoms with Crippen LogP contribution in [0.15, 0.2) is 12.1 Å². The van der Waals surface area contributed by atoms with Crippen LogP contribution in [0.4, 0.5) is 8.78 Å². The fourth-order valence-electron chi connectivity index (χ4n) is 1.97. The lowest BCUT2D eigenvalue weighted by molar-refractivity contribution is 0.451. The summed E-state index contributed by atoms with van der Waals surface area (Å²) >= 11 is 0. The van der Waals surface area contributed by atoms with E-state index in [1.54, 1.807) is 0 Å². The Kier molecular flexibility index (Phi) is 2.20. The lowest BCUT2D eigenvalue weighted by Gasteiger charge is -2.28. The van der Waals surface area contributed by atoms with Crippen LogP contribution in [-0.2, 0) is 12.8 Å². The average Bonchev–Trinajstić information content (AvgIpc) is 2.16. The quantitative estimate of drug-likeness (QED) is 0.705. The third kappa shape index (κ3) is 1.71. The molecule has 2 N–H and O–H groups in total. The number of nitrogens with zero attached hydrogens (tertiary/aromatic N) is 1. The molecular weight excluding hydrogens is 198 g/mol. The van der Waals surface area contributed by atoms with Gasteiger partial charge in [0.05, 0.1) is 6.07 Å². The maximum Gasteiger partial charge on any atom is 0.129 e. The molecule has 0 radical (unpaired) electrons. The van der Waals surface area contributed by atoms with Gasteiger partial charge in [-0.2, -0.15) is 5.26 Å². The minimum Gasteiger partial charge on any atom is -0.313 e. The third-order valence-corrected chi connectivity index (χ3v) is 2.80. The number of fused-ring (bicyclic) bond motifs is 1. The van der Waals surface area contributed by atoms with Crippen LogP contribution in [0, 0.1) is 23.0 Å². The zero-order chi connectivity index (χ0) is 11.1. The summed E-state index contributed by atoms with van der Waals surface area (Å²) in [6, 6.07) is 4.12. The molecule has 1 aliphatic rings. The number of halogens is 2. The van der Waals surface area contributed by atoms with Crippen molar-refractivity contribution in [1.29, 1.82) is 5.26 Å². The van der Waals surface area contributed by atoms with Gasteiger partial charge in [0.1, 0.15) is 17.2 Å². The van der Waals surface area contributed by atoms with Gasteiger partial charge in [0, 0.05) is 12.5 Å². The monoisotopic (exact) mass is 208 g/mol. The van der Waals surface area contributed by atoms with Crippen molar-refractivity contribution in [2.75, 3.05) is 0 Å². The van der Waals surface area contributed by atoms with Gasteiger partial charge < -0.3 is 5.73 Å². The molecular formula is C11H10F2N2. The lowest BCUT2D eigenvalue weighted by atomic mass is 9.79. The van der Waals surface area contributed by atoms with E-state index in [9.17, 15) is 8.78 Å². The average molecular weight is 208 g/mol. The summed E-state index contributed by atoms with van der Waals surface area (Å²) in [4.78, 5) is 0. The Balaban J connectivity index is 2.47. The Morgan fingerprint density at radius 1 is 1.40 bits per heavy atom. The Labute approximate surface area is 86.3 Å². The molecule has 15 heavy (non-hydrogen) atoms. The zero-order valence-electron chi connectivity index (χ0n) is 8.06. The van der Waals surface area contributed by atoms with E-state index in [0.29, 0.717) is 24.0 Å². The smallest absolute Gasteiger partial charge is 0.129 e. The molecule has 1 aliphatic carbocycles. The summed E-state index contributed by atoms with van der Waals surface area (Å²) < 4.78 is 26.3. The molecule has 0 aliphatic heterocycles. The van der Waals surface area contributed by atoms with Crippen molar-refractivity contribution in [3.05, 3.63) is 34.9 Å².